The van der Waals surface area contributed by atoms with Crippen LogP contribution in [0.5, 0.6) is 0 Å². The molecular formula is C13H20ClN3O. The molecule has 4 nitrogen and oxygen atoms in total. The molecule has 100 valence electrons. The van der Waals surface area contributed by atoms with E-state index in [0.717, 1.165) is 32.4 Å². The number of nitrogens with one attached hydrogen (secondary N) is 1. The quantitative estimate of drug-likeness (QED) is 0.360. The molecule has 0 spiro atoms. The van der Waals surface area contributed by atoms with Crippen molar-refractivity contribution in [2.45, 2.75) is 32.1 Å². The monoisotopic (exact) mass is 269 g/mol. The highest BCUT2D eigenvalue weighted by Gasteiger charge is 2.12. The molecule has 1 aliphatic rings. The third kappa shape index (κ3) is 5.42. The zero-order valence-corrected chi connectivity index (χ0v) is 11.4. The van der Waals surface area contributed by atoms with Crippen molar-refractivity contribution >= 4 is 17.5 Å². The molecule has 0 atom stereocenters. The molecule has 0 aromatic heterocycles. The first-order valence-electron chi connectivity index (χ1n) is 6.48. The molecule has 1 saturated heterocycles. The molecule has 1 amide bonds. The van der Waals surface area contributed by atoms with Gasteiger partial charge in [-0.1, -0.05) is 12.8 Å². The molecule has 18 heavy (non-hydrogen) atoms. The summed E-state index contributed by atoms with van der Waals surface area (Å²) in [6.45, 7) is 2.38. The fourth-order valence-corrected chi connectivity index (χ4v) is 2.04. The molecule has 5 heteroatoms. The Morgan fingerprint density at radius 3 is 2.56 bits per heavy atom. The summed E-state index contributed by atoms with van der Waals surface area (Å²) in [7, 11) is 0. The van der Waals surface area contributed by atoms with Crippen molar-refractivity contribution in [1.82, 2.24) is 10.2 Å². The molecule has 1 N–H and O–H groups in total. The first-order valence-corrected chi connectivity index (χ1v) is 7.01. The highest BCUT2D eigenvalue weighted by atomic mass is 35.5. The molecule has 0 aromatic carbocycles. The largest absolute Gasteiger partial charge is 0.376 e. The molecule has 1 aliphatic heterocycles. The molecule has 1 heterocycles. The van der Waals surface area contributed by atoms with Gasteiger partial charge in [-0.05, 0) is 19.3 Å². The summed E-state index contributed by atoms with van der Waals surface area (Å²) in [5.41, 5.74) is 0.187. The highest BCUT2D eigenvalue weighted by molar-refractivity contribution is 6.17. The maximum absolute atomic E-state index is 11.7. The Labute approximate surface area is 114 Å². The van der Waals surface area contributed by atoms with E-state index < -0.39 is 0 Å². The summed E-state index contributed by atoms with van der Waals surface area (Å²) < 4.78 is 0. The van der Waals surface area contributed by atoms with Gasteiger partial charge in [0.15, 0.2) is 0 Å². The Balaban J connectivity index is 2.52. The van der Waals surface area contributed by atoms with E-state index in [0.29, 0.717) is 12.4 Å². The van der Waals surface area contributed by atoms with Crippen molar-refractivity contribution in [2.24, 2.45) is 0 Å². The number of rotatable bonds is 5. The first kappa shape index (κ1) is 14.8. The van der Waals surface area contributed by atoms with Gasteiger partial charge in [-0.3, -0.25) is 4.79 Å². The van der Waals surface area contributed by atoms with Crippen molar-refractivity contribution in [3.05, 3.63) is 11.8 Å². The highest BCUT2D eigenvalue weighted by Crippen LogP contribution is 2.11. The minimum Gasteiger partial charge on any atom is -0.376 e. The number of hydrogen-bond acceptors (Lipinski definition) is 3. The van der Waals surface area contributed by atoms with E-state index in [-0.39, 0.29) is 11.5 Å². The van der Waals surface area contributed by atoms with Crippen LogP contribution in [0, 0.1) is 11.3 Å². The minimum absolute atomic E-state index is 0.187. The lowest BCUT2D eigenvalue weighted by Crippen LogP contribution is -2.28. The van der Waals surface area contributed by atoms with Crippen LogP contribution >= 0.6 is 11.6 Å². The van der Waals surface area contributed by atoms with Crippen LogP contribution < -0.4 is 5.32 Å². The number of carbonyl (C=O) groups excluding carboxylic acids is 1. The molecule has 0 aliphatic carbocycles. The number of likely N-dealkylation sites (tertiary alicyclic amines) is 1. The average Bonchev–Trinajstić information content (AvgIpc) is 2.64. The first-order chi connectivity index (χ1) is 8.77. The van der Waals surface area contributed by atoms with Crippen LogP contribution in [0.4, 0.5) is 0 Å². The summed E-state index contributed by atoms with van der Waals surface area (Å²) in [6, 6.07) is 1.97. The standard InChI is InChI=1S/C13H20ClN3O/c14-6-5-7-16-13(18)12(10-15)11-17-8-3-1-2-4-9-17/h11H,1-9H2,(H,16,18)/b12-11-. The third-order valence-corrected chi connectivity index (χ3v) is 3.18. The lowest BCUT2D eigenvalue weighted by molar-refractivity contribution is -0.117. The SMILES string of the molecule is N#C/C(=C/N1CCCCCC1)C(=O)NCCCCl. The van der Waals surface area contributed by atoms with Crippen molar-refractivity contribution in [2.75, 3.05) is 25.5 Å². The second-order valence-electron chi connectivity index (χ2n) is 4.40. The van der Waals surface area contributed by atoms with Gasteiger partial charge in [0.25, 0.3) is 5.91 Å². The number of carbonyl (C=O) groups is 1. The van der Waals surface area contributed by atoms with E-state index in [1.807, 2.05) is 6.07 Å². The molecule has 0 bridgehead atoms. The number of nitrogens with zero attached hydrogens (tertiary/aromatic N) is 2. The van der Waals surface area contributed by atoms with Crippen molar-refractivity contribution < 1.29 is 4.79 Å². The molecule has 1 rings (SSSR count). The fraction of sp³-hybridized carbons (Fsp3) is 0.692. The van der Waals surface area contributed by atoms with Crippen LogP contribution in [0.25, 0.3) is 0 Å². The summed E-state index contributed by atoms with van der Waals surface area (Å²) in [5, 5.41) is 11.7. The van der Waals surface area contributed by atoms with Crippen LogP contribution in [0.15, 0.2) is 11.8 Å². The van der Waals surface area contributed by atoms with Crippen LogP contribution in [-0.2, 0) is 4.79 Å². The van der Waals surface area contributed by atoms with Crippen LogP contribution in [-0.4, -0.2) is 36.3 Å². The van der Waals surface area contributed by atoms with E-state index in [9.17, 15) is 4.79 Å². The van der Waals surface area contributed by atoms with Gasteiger partial charge in [-0.2, -0.15) is 5.26 Å². The second-order valence-corrected chi connectivity index (χ2v) is 4.78. The zero-order chi connectivity index (χ0) is 13.2. The van der Waals surface area contributed by atoms with E-state index in [1.165, 1.54) is 12.8 Å². The Hall–Kier alpha value is -1.21. The summed E-state index contributed by atoms with van der Waals surface area (Å²) in [4.78, 5) is 13.8. The van der Waals surface area contributed by atoms with Gasteiger partial charge in [-0.25, -0.2) is 0 Å². The number of nitriles is 1. The summed E-state index contributed by atoms with van der Waals surface area (Å²) >= 11 is 5.53. The number of hydrogen-bond donors (Lipinski definition) is 1. The van der Waals surface area contributed by atoms with Gasteiger partial charge in [0.05, 0.1) is 0 Å². The third-order valence-electron chi connectivity index (χ3n) is 2.91. The second kappa shape index (κ2) is 8.82. The van der Waals surface area contributed by atoms with Gasteiger partial charge >= 0.3 is 0 Å². The number of halogens is 1. The topological polar surface area (TPSA) is 56.1 Å². The normalized spacial score (nSPS) is 16.9. The van der Waals surface area contributed by atoms with E-state index in [1.54, 1.807) is 6.20 Å². The summed E-state index contributed by atoms with van der Waals surface area (Å²) in [6.07, 6.45) is 7.13. The van der Waals surface area contributed by atoms with Crippen molar-refractivity contribution in [3.63, 3.8) is 0 Å². The number of alkyl halides is 1. The summed E-state index contributed by atoms with van der Waals surface area (Å²) in [5.74, 6) is 0.213. The van der Waals surface area contributed by atoms with E-state index >= 15 is 0 Å². The minimum atomic E-state index is -0.299. The van der Waals surface area contributed by atoms with E-state index in [2.05, 4.69) is 10.2 Å². The Morgan fingerprint density at radius 1 is 1.33 bits per heavy atom. The fourth-order valence-electron chi connectivity index (χ4n) is 1.91. The predicted octanol–water partition coefficient (Wildman–Crippen LogP) is 2.01. The van der Waals surface area contributed by atoms with Crippen LogP contribution in [0.3, 0.4) is 0 Å². The van der Waals surface area contributed by atoms with Gasteiger partial charge in [0, 0.05) is 31.7 Å². The maximum Gasteiger partial charge on any atom is 0.263 e. The van der Waals surface area contributed by atoms with Crippen molar-refractivity contribution in [1.29, 1.82) is 5.26 Å². The van der Waals surface area contributed by atoms with Gasteiger partial charge in [0.2, 0.25) is 0 Å². The van der Waals surface area contributed by atoms with Crippen molar-refractivity contribution in [3.8, 4) is 6.07 Å². The average molecular weight is 270 g/mol. The van der Waals surface area contributed by atoms with E-state index in [4.69, 9.17) is 16.9 Å². The number of amides is 1. The molecule has 0 unspecified atom stereocenters. The van der Waals surface area contributed by atoms with Crippen LogP contribution in [0.1, 0.15) is 32.1 Å². The maximum atomic E-state index is 11.7. The van der Waals surface area contributed by atoms with Gasteiger partial charge in [-0.15, -0.1) is 11.6 Å². The zero-order valence-electron chi connectivity index (χ0n) is 10.6. The predicted molar refractivity (Wildman–Crippen MR) is 72.1 cm³/mol. The Bertz CT molecular complexity index is 328. The lowest BCUT2D eigenvalue weighted by Gasteiger charge is -2.17. The molecule has 1 fully saturated rings. The molecule has 0 saturated carbocycles. The molecular weight excluding hydrogens is 250 g/mol. The molecule has 0 radical (unpaired) electrons. The van der Waals surface area contributed by atoms with Gasteiger partial charge in [0.1, 0.15) is 11.6 Å². The van der Waals surface area contributed by atoms with Crippen LogP contribution in [0.2, 0.25) is 0 Å². The lowest BCUT2D eigenvalue weighted by atomic mass is 10.2. The Kier molecular flexibility index (Phi) is 7.28. The molecule has 0 aromatic rings. The van der Waals surface area contributed by atoms with Gasteiger partial charge < -0.3 is 10.2 Å². The smallest absolute Gasteiger partial charge is 0.263 e. The Morgan fingerprint density at radius 2 is 2.00 bits per heavy atom.